The Morgan fingerprint density at radius 3 is 1.23 bits per heavy atom. The molecule has 0 bridgehead atoms. The molecule has 0 radical (unpaired) electrons. The topological polar surface area (TPSA) is 9.72 Å². The van der Waals surface area contributed by atoms with Crippen LogP contribution in [0.15, 0.2) is 152 Å². The van der Waals surface area contributed by atoms with E-state index in [4.69, 9.17) is 0 Å². The first kappa shape index (κ1) is 30.6. The monoisotopic (exact) mass is 683 g/mol. The molecule has 0 atom stereocenters. The minimum Gasteiger partial charge on any atom is -0.310 e. The van der Waals surface area contributed by atoms with Gasteiger partial charge in [-0.05, 0) is 105 Å². The summed E-state index contributed by atoms with van der Waals surface area (Å²) < 4.78 is 0. The van der Waals surface area contributed by atoms with E-state index in [-0.39, 0.29) is 10.8 Å². The van der Waals surface area contributed by atoms with Crippen LogP contribution >= 0.6 is 0 Å². The first-order valence-corrected chi connectivity index (χ1v) is 19.0. The smallest absolute Gasteiger partial charge is 0.0545 e. The van der Waals surface area contributed by atoms with Gasteiger partial charge < -0.3 is 14.7 Å². The Morgan fingerprint density at radius 2 is 0.717 bits per heavy atom. The molecule has 0 saturated carbocycles. The molecule has 4 heterocycles. The molecule has 7 aromatic carbocycles. The van der Waals surface area contributed by atoms with E-state index in [2.05, 4.69) is 194 Å². The van der Waals surface area contributed by atoms with Gasteiger partial charge in [0.05, 0.1) is 17.1 Å². The molecule has 0 amide bonds. The Labute approximate surface area is 312 Å². The summed E-state index contributed by atoms with van der Waals surface area (Å²) in [6.07, 6.45) is 1.89. The van der Waals surface area contributed by atoms with Gasteiger partial charge in [-0.15, -0.1) is 0 Å². The van der Waals surface area contributed by atoms with Crippen molar-refractivity contribution in [1.29, 1.82) is 0 Å². The number of hydrogen-bond acceptors (Lipinski definition) is 3. The van der Waals surface area contributed by atoms with Gasteiger partial charge in [-0.1, -0.05) is 119 Å². The minimum atomic E-state index is -0.298. The lowest BCUT2D eigenvalue weighted by Gasteiger charge is -2.50. The quantitative estimate of drug-likeness (QED) is 0.180. The normalized spacial score (nSPS) is 16.3. The summed E-state index contributed by atoms with van der Waals surface area (Å²) in [6, 6.07) is 57.0. The van der Waals surface area contributed by atoms with Crippen molar-refractivity contribution >= 4 is 51.2 Å². The Hall–Kier alpha value is -6.06. The highest BCUT2D eigenvalue weighted by Crippen LogP contribution is 2.62. The first-order chi connectivity index (χ1) is 25.8. The molecule has 11 rings (SSSR count). The van der Waals surface area contributed by atoms with Crippen molar-refractivity contribution in [2.45, 2.75) is 51.4 Å². The summed E-state index contributed by atoms with van der Waals surface area (Å²) in [5.74, 6) is 0. The van der Waals surface area contributed by atoms with E-state index in [1.54, 1.807) is 0 Å². The van der Waals surface area contributed by atoms with Gasteiger partial charge in [0, 0.05) is 57.8 Å². The van der Waals surface area contributed by atoms with Gasteiger partial charge in [-0.25, -0.2) is 0 Å². The van der Waals surface area contributed by atoms with Crippen LogP contribution in [0.2, 0.25) is 0 Å². The Balaban J connectivity index is 1.18. The van der Waals surface area contributed by atoms with E-state index in [0.717, 1.165) is 12.8 Å². The summed E-state index contributed by atoms with van der Waals surface area (Å²) in [7, 11) is 0. The van der Waals surface area contributed by atoms with E-state index < -0.39 is 0 Å². The van der Waals surface area contributed by atoms with Crippen LogP contribution in [0.1, 0.15) is 72.2 Å². The van der Waals surface area contributed by atoms with Crippen LogP contribution in [-0.4, -0.2) is 0 Å². The van der Waals surface area contributed by atoms with Crippen molar-refractivity contribution in [3.8, 4) is 0 Å². The second-order valence-electron chi connectivity index (χ2n) is 16.2. The molecular formula is C50H41N3. The van der Waals surface area contributed by atoms with Gasteiger partial charge in [0.25, 0.3) is 0 Å². The molecule has 4 aliphatic heterocycles. The summed E-state index contributed by atoms with van der Waals surface area (Å²) >= 11 is 0. The number of fused-ring (bicyclic) bond motifs is 8. The number of nitrogens with zero attached hydrogens (tertiary/aromatic N) is 3. The van der Waals surface area contributed by atoms with Crippen molar-refractivity contribution in [3.05, 3.63) is 196 Å². The molecule has 3 heteroatoms. The van der Waals surface area contributed by atoms with E-state index >= 15 is 0 Å². The van der Waals surface area contributed by atoms with Crippen LogP contribution in [0.25, 0.3) is 0 Å². The van der Waals surface area contributed by atoms with Gasteiger partial charge in [0.15, 0.2) is 0 Å². The average Bonchev–Trinajstić information content (AvgIpc) is 3.18. The number of benzene rings is 7. The van der Waals surface area contributed by atoms with Crippen LogP contribution in [0.4, 0.5) is 51.2 Å². The second-order valence-corrected chi connectivity index (χ2v) is 16.2. The van der Waals surface area contributed by atoms with E-state index in [9.17, 15) is 0 Å². The fourth-order valence-electron chi connectivity index (χ4n) is 9.90. The molecule has 256 valence electrons. The van der Waals surface area contributed by atoms with Crippen LogP contribution in [-0.2, 0) is 23.7 Å². The zero-order valence-corrected chi connectivity index (χ0v) is 30.7. The third-order valence-electron chi connectivity index (χ3n) is 12.6. The molecule has 0 aromatic heterocycles. The maximum atomic E-state index is 2.58. The molecule has 0 spiro atoms. The Morgan fingerprint density at radius 1 is 0.340 bits per heavy atom. The average molecular weight is 684 g/mol. The first-order valence-electron chi connectivity index (χ1n) is 19.0. The Kier molecular flexibility index (Phi) is 6.19. The van der Waals surface area contributed by atoms with Gasteiger partial charge in [0.1, 0.15) is 0 Å². The highest BCUT2D eigenvalue weighted by molar-refractivity contribution is 5.97. The lowest BCUT2D eigenvalue weighted by Crippen LogP contribution is -2.38. The predicted molar refractivity (Wildman–Crippen MR) is 220 cm³/mol. The molecule has 0 N–H and O–H groups in total. The van der Waals surface area contributed by atoms with Crippen molar-refractivity contribution in [1.82, 2.24) is 0 Å². The van der Waals surface area contributed by atoms with Crippen molar-refractivity contribution in [2.75, 3.05) is 14.7 Å². The van der Waals surface area contributed by atoms with Crippen molar-refractivity contribution < 1.29 is 0 Å². The molecule has 0 saturated heterocycles. The number of hydrogen-bond donors (Lipinski definition) is 0. The third-order valence-corrected chi connectivity index (χ3v) is 12.6. The SMILES string of the molecule is CC1(C)c2ccccc2N2c3ccc(N4c5ccccc5Cc5ccccc54)cc3C(C)(C)c3cc(N4c5ccccc5Cc5ccccc54)cc1c32. The van der Waals surface area contributed by atoms with Gasteiger partial charge in [-0.2, -0.15) is 0 Å². The fraction of sp³-hybridized carbons (Fsp3) is 0.160. The lowest BCUT2D eigenvalue weighted by atomic mass is 9.66. The summed E-state index contributed by atoms with van der Waals surface area (Å²) in [4.78, 5) is 7.59. The number of para-hydroxylation sites is 5. The van der Waals surface area contributed by atoms with Gasteiger partial charge in [0.2, 0.25) is 0 Å². The van der Waals surface area contributed by atoms with Crippen LogP contribution in [0, 0.1) is 0 Å². The highest BCUT2D eigenvalue weighted by atomic mass is 15.2. The summed E-state index contributed by atoms with van der Waals surface area (Å²) in [5.41, 5.74) is 21.7. The van der Waals surface area contributed by atoms with Gasteiger partial charge in [-0.3, -0.25) is 0 Å². The maximum absolute atomic E-state index is 2.58. The third kappa shape index (κ3) is 4.16. The number of anilines is 9. The van der Waals surface area contributed by atoms with Crippen LogP contribution < -0.4 is 14.7 Å². The van der Waals surface area contributed by atoms with Crippen LogP contribution in [0.5, 0.6) is 0 Å². The zero-order chi connectivity index (χ0) is 35.6. The second kappa shape index (κ2) is 10.7. The fourth-order valence-corrected chi connectivity index (χ4v) is 9.90. The molecular weight excluding hydrogens is 643 g/mol. The standard InChI is InChI=1S/C50H41N3/c1-49(2)38-19-9-14-24-46(38)53-47-26-25-36(51-42-20-10-5-15-32(42)27-33-16-6-11-21-43(33)51)29-39(47)50(3,4)41-31-37(30-40(49)48(41)53)52-44-22-12-7-17-34(44)28-35-18-8-13-23-45(35)52/h5-26,29-31H,27-28H2,1-4H3. The van der Waals surface area contributed by atoms with Crippen molar-refractivity contribution in [2.24, 2.45) is 0 Å². The molecule has 0 fully saturated rings. The molecule has 7 aromatic rings. The van der Waals surface area contributed by atoms with Crippen molar-refractivity contribution in [3.63, 3.8) is 0 Å². The summed E-state index contributed by atoms with van der Waals surface area (Å²) in [6.45, 7) is 9.71. The van der Waals surface area contributed by atoms with E-state index in [1.807, 2.05) is 0 Å². The minimum absolute atomic E-state index is 0.212. The lowest BCUT2D eigenvalue weighted by molar-refractivity contribution is 0.597. The molecule has 4 aliphatic rings. The number of rotatable bonds is 2. The predicted octanol–water partition coefficient (Wildman–Crippen LogP) is 13.2. The van der Waals surface area contributed by atoms with Gasteiger partial charge >= 0.3 is 0 Å². The van der Waals surface area contributed by atoms with E-state index in [0.29, 0.717) is 0 Å². The molecule has 53 heavy (non-hydrogen) atoms. The largest absolute Gasteiger partial charge is 0.310 e. The summed E-state index contributed by atoms with van der Waals surface area (Å²) in [5, 5.41) is 0. The molecule has 0 unspecified atom stereocenters. The molecule has 3 nitrogen and oxygen atoms in total. The molecule has 0 aliphatic carbocycles. The maximum Gasteiger partial charge on any atom is 0.0545 e. The highest BCUT2D eigenvalue weighted by Gasteiger charge is 2.46. The van der Waals surface area contributed by atoms with E-state index in [1.165, 1.54) is 95.7 Å². The zero-order valence-electron chi connectivity index (χ0n) is 30.7. The van der Waals surface area contributed by atoms with Crippen LogP contribution in [0.3, 0.4) is 0 Å². The Bertz CT molecular complexity index is 2570.